The molecule has 3 atom stereocenters. The maximum Gasteiger partial charge on any atom is 0.469 e. The summed E-state index contributed by atoms with van der Waals surface area (Å²) in [7, 11) is -4.82. The van der Waals surface area contributed by atoms with Crippen LogP contribution in [-0.2, 0) is 28.2 Å². The number of phosphoric ester groups is 1. The minimum atomic E-state index is -4.82. The zero-order valence-corrected chi connectivity index (χ0v) is 30.2. The molecule has 0 aliphatic heterocycles. The van der Waals surface area contributed by atoms with Gasteiger partial charge in [0.15, 0.2) is 6.10 Å². The van der Waals surface area contributed by atoms with Gasteiger partial charge in [-0.2, -0.15) is 0 Å². The Labute approximate surface area is 289 Å². The molecule has 276 valence electrons. The highest BCUT2D eigenvalue weighted by Crippen LogP contribution is 2.35. The van der Waals surface area contributed by atoms with E-state index < -0.39 is 44.7 Å². The molecule has 0 heterocycles. The summed E-state index contributed by atoms with van der Waals surface area (Å²) in [6, 6.07) is 0. The molecule has 48 heavy (non-hydrogen) atoms. The van der Waals surface area contributed by atoms with E-state index in [1.165, 1.54) is 32.1 Å². The average molecular weight is 699 g/mol. The molecule has 4 N–H and O–H groups in total. The molecular weight excluding hydrogens is 635 g/mol. The summed E-state index contributed by atoms with van der Waals surface area (Å²) in [5.41, 5.74) is 0. The van der Waals surface area contributed by atoms with Crippen LogP contribution in [0.15, 0.2) is 60.8 Å². The van der Waals surface area contributed by atoms with Crippen molar-refractivity contribution in [1.29, 1.82) is 0 Å². The molecule has 0 saturated carbocycles. The first-order chi connectivity index (χ1) is 23.1. The molecule has 0 rings (SSSR count). The van der Waals surface area contributed by atoms with E-state index in [9.17, 15) is 24.4 Å². The molecule has 0 fully saturated rings. The first kappa shape index (κ1) is 45.7. The minimum Gasteiger partial charge on any atom is -0.462 e. The molecule has 0 aromatic rings. The number of aliphatic hydroxyl groups is 2. The molecule has 0 unspecified atom stereocenters. The fourth-order valence-electron chi connectivity index (χ4n) is 4.43. The Kier molecular flexibility index (Phi) is 30.4. The Morgan fingerprint density at radius 3 is 1.88 bits per heavy atom. The second-order valence-electron chi connectivity index (χ2n) is 11.9. The van der Waals surface area contributed by atoms with Gasteiger partial charge >= 0.3 is 19.8 Å². The molecule has 0 aliphatic carbocycles. The largest absolute Gasteiger partial charge is 0.469 e. The molecule has 0 spiro atoms. The Morgan fingerprint density at radius 1 is 0.646 bits per heavy atom. The summed E-state index contributed by atoms with van der Waals surface area (Å²) in [6.07, 6.45) is 31.5. The lowest BCUT2D eigenvalue weighted by atomic mass is 10.1. The van der Waals surface area contributed by atoms with Gasteiger partial charge in [0.25, 0.3) is 0 Å². The smallest absolute Gasteiger partial charge is 0.462 e. The van der Waals surface area contributed by atoms with Crippen LogP contribution < -0.4 is 0 Å². The summed E-state index contributed by atoms with van der Waals surface area (Å²) in [4.78, 5) is 42.6. The summed E-state index contributed by atoms with van der Waals surface area (Å²) in [5.74, 6) is -1.15. The molecule has 0 bridgehead atoms. The van der Waals surface area contributed by atoms with E-state index in [2.05, 4.69) is 36.6 Å². The SMILES string of the molecule is CCCC/C=C\CCCCCCCC(=O)OC[C@H](COP(=O)(O)O)OC(=O)CCC[C@@H](O)\C=C/C=C/C=C/[C@@H](O)C/C=C\CCCCC. The first-order valence-corrected chi connectivity index (χ1v) is 19.3. The zero-order valence-electron chi connectivity index (χ0n) is 29.3. The van der Waals surface area contributed by atoms with E-state index in [-0.39, 0.29) is 25.9 Å². The van der Waals surface area contributed by atoms with Crippen LogP contribution in [0.1, 0.15) is 129 Å². The monoisotopic (exact) mass is 698 g/mol. The second kappa shape index (κ2) is 31.9. The normalized spacial score (nSPS) is 14.5. The summed E-state index contributed by atoms with van der Waals surface area (Å²) < 4.78 is 26.1. The molecule has 0 radical (unpaired) electrons. The molecule has 0 aliphatic rings. The number of hydrogen-bond donors (Lipinski definition) is 4. The highest BCUT2D eigenvalue weighted by Gasteiger charge is 2.23. The lowest BCUT2D eigenvalue weighted by Gasteiger charge is -2.18. The number of carbonyl (C=O) groups excluding carboxylic acids is 2. The number of carbonyl (C=O) groups is 2. The van der Waals surface area contributed by atoms with Crippen LogP contribution in [0.3, 0.4) is 0 Å². The molecule has 0 aromatic carbocycles. The van der Waals surface area contributed by atoms with Gasteiger partial charge in [0.2, 0.25) is 0 Å². The van der Waals surface area contributed by atoms with E-state index in [1.54, 1.807) is 36.5 Å². The highest BCUT2D eigenvalue weighted by molar-refractivity contribution is 7.46. The van der Waals surface area contributed by atoms with Gasteiger partial charge < -0.3 is 29.5 Å². The Bertz CT molecular complexity index is 998. The van der Waals surface area contributed by atoms with Crippen molar-refractivity contribution in [3.8, 4) is 0 Å². The Balaban J connectivity index is 4.33. The number of unbranched alkanes of at least 4 members (excludes halogenated alkanes) is 10. The van der Waals surface area contributed by atoms with Gasteiger partial charge in [-0.05, 0) is 57.8 Å². The van der Waals surface area contributed by atoms with E-state index >= 15 is 0 Å². The van der Waals surface area contributed by atoms with Crippen LogP contribution in [0.25, 0.3) is 0 Å². The van der Waals surface area contributed by atoms with Gasteiger partial charge in [0, 0.05) is 12.8 Å². The third-order valence-corrected chi connectivity index (χ3v) is 7.68. The van der Waals surface area contributed by atoms with Crippen LogP contribution in [0.5, 0.6) is 0 Å². The predicted molar refractivity (Wildman–Crippen MR) is 191 cm³/mol. The zero-order chi connectivity index (χ0) is 35.7. The van der Waals surface area contributed by atoms with Crippen LogP contribution in [-0.4, -0.2) is 63.5 Å². The van der Waals surface area contributed by atoms with Crippen LogP contribution in [0, 0.1) is 0 Å². The molecular formula is C37H63O10P. The highest BCUT2D eigenvalue weighted by atomic mass is 31.2. The number of allylic oxidation sites excluding steroid dienone is 7. The molecule has 0 aromatic heterocycles. The lowest BCUT2D eigenvalue weighted by molar-refractivity contribution is -0.161. The van der Waals surface area contributed by atoms with E-state index in [0.29, 0.717) is 19.3 Å². The lowest BCUT2D eigenvalue weighted by Crippen LogP contribution is -2.29. The van der Waals surface area contributed by atoms with Crippen molar-refractivity contribution in [3.05, 3.63) is 60.8 Å². The molecule has 0 amide bonds. The van der Waals surface area contributed by atoms with Crippen molar-refractivity contribution in [2.24, 2.45) is 0 Å². The van der Waals surface area contributed by atoms with Gasteiger partial charge in [-0.15, -0.1) is 0 Å². The topological polar surface area (TPSA) is 160 Å². The quantitative estimate of drug-likeness (QED) is 0.0183. The number of rotatable bonds is 31. The maximum atomic E-state index is 12.3. The number of aliphatic hydroxyl groups excluding tert-OH is 2. The summed E-state index contributed by atoms with van der Waals surface area (Å²) in [6.45, 7) is 3.34. The van der Waals surface area contributed by atoms with Gasteiger partial charge in [0.1, 0.15) is 6.61 Å². The van der Waals surface area contributed by atoms with Crippen molar-refractivity contribution < 1.29 is 48.2 Å². The van der Waals surface area contributed by atoms with E-state index in [0.717, 1.165) is 44.9 Å². The fourth-order valence-corrected chi connectivity index (χ4v) is 4.79. The van der Waals surface area contributed by atoms with Crippen molar-refractivity contribution in [2.75, 3.05) is 13.2 Å². The number of phosphoric acid groups is 1. The standard InChI is InChI=1S/C37H63O10P/c1-3-5-7-9-11-12-13-14-15-17-23-29-36(40)45-31-35(32-46-48(42,43)44)47-37(41)30-24-28-34(39)27-22-19-18-21-26-33(38)25-20-16-10-8-6-4-2/h9,11,16,18-22,26-27,33-35,38-39H,3-8,10,12-15,17,23-25,28-32H2,1-2H3,(H2,42,43,44)/b11-9-,19-18+,20-16-,26-21+,27-22-/t33-,34-,35+/m0/s1. The van der Waals surface area contributed by atoms with Crippen molar-refractivity contribution in [2.45, 2.75) is 148 Å². The van der Waals surface area contributed by atoms with Crippen LogP contribution in [0.2, 0.25) is 0 Å². The summed E-state index contributed by atoms with van der Waals surface area (Å²) >= 11 is 0. The minimum absolute atomic E-state index is 0.0523. The second-order valence-corrected chi connectivity index (χ2v) is 13.1. The molecule has 11 heteroatoms. The van der Waals surface area contributed by atoms with Gasteiger partial charge in [0.05, 0.1) is 18.8 Å². The van der Waals surface area contributed by atoms with Gasteiger partial charge in [-0.3, -0.25) is 14.1 Å². The van der Waals surface area contributed by atoms with Crippen molar-refractivity contribution >= 4 is 19.8 Å². The fraction of sp³-hybridized carbons (Fsp3) is 0.676. The predicted octanol–water partition coefficient (Wildman–Crippen LogP) is 8.12. The van der Waals surface area contributed by atoms with Gasteiger partial charge in [-0.1, -0.05) is 120 Å². The number of esters is 2. The van der Waals surface area contributed by atoms with Crippen LogP contribution in [0.4, 0.5) is 0 Å². The molecule has 0 saturated heterocycles. The summed E-state index contributed by atoms with van der Waals surface area (Å²) in [5, 5.41) is 20.1. The number of hydrogen-bond acceptors (Lipinski definition) is 8. The number of ether oxygens (including phenoxy) is 2. The van der Waals surface area contributed by atoms with Gasteiger partial charge in [-0.25, -0.2) is 4.57 Å². The van der Waals surface area contributed by atoms with Crippen LogP contribution >= 0.6 is 7.82 Å². The molecule has 10 nitrogen and oxygen atoms in total. The third kappa shape index (κ3) is 33.6. The first-order valence-electron chi connectivity index (χ1n) is 17.8. The van der Waals surface area contributed by atoms with E-state index in [4.69, 9.17) is 19.3 Å². The van der Waals surface area contributed by atoms with Crippen molar-refractivity contribution in [1.82, 2.24) is 0 Å². The van der Waals surface area contributed by atoms with E-state index in [1.807, 2.05) is 6.08 Å². The Hall–Kier alpha value is -2.33. The third-order valence-electron chi connectivity index (χ3n) is 7.20. The van der Waals surface area contributed by atoms with Crippen molar-refractivity contribution in [3.63, 3.8) is 0 Å². The maximum absolute atomic E-state index is 12.3. The average Bonchev–Trinajstić information content (AvgIpc) is 3.04. The Morgan fingerprint density at radius 2 is 1.21 bits per heavy atom.